The number of hydrogen-bond acceptors (Lipinski definition) is 2. The van der Waals surface area contributed by atoms with Gasteiger partial charge in [-0.15, -0.1) is 0 Å². The quantitative estimate of drug-likeness (QED) is 0.707. The Labute approximate surface area is 94.7 Å². The van der Waals surface area contributed by atoms with Crippen molar-refractivity contribution in [3.8, 4) is 0 Å². The van der Waals surface area contributed by atoms with E-state index in [9.17, 15) is 0 Å². The molecule has 16 heavy (non-hydrogen) atoms. The topological polar surface area (TPSA) is 25.2 Å². The van der Waals surface area contributed by atoms with Crippen LogP contribution < -0.4 is 0 Å². The molecule has 3 rings (SSSR count). The van der Waals surface area contributed by atoms with Crippen molar-refractivity contribution < 1.29 is 0 Å². The summed E-state index contributed by atoms with van der Waals surface area (Å²) in [5.41, 5.74) is 5.67. The first-order valence-electron chi connectivity index (χ1n) is 5.41. The van der Waals surface area contributed by atoms with Gasteiger partial charge in [-0.1, -0.05) is 18.2 Å². The Morgan fingerprint density at radius 1 is 1.12 bits per heavy atom. The van der Waals surface area contributed by atoms with Gasteiger partial charge in [0.05, 0.1) is 17.1 Å². The zero-order valence-electron chi connectivity index (χ0n) is 9.14. The smallest absolute Gasteiger partial charge is 0.0850 e. The standard InChI is InChI=1S/C14H12N2/c1-10-6-7-15-13(8-10)14-9-11-4-2-3-5-12(11)16-14/h2-8H,9H2,1H3. The summed E-state index contributed by atoms with van der Waals surface area (Å²) in [7, 11) is 0. The minimum atomic E-state index is 0.895. The Morgan fingerprint density at radius 3 is 2.81 bits per heavy atom. The number of benzene rings is 1. The highest BCUT2D eigenvalue weighted by atomic mass is 14.8. The molecule has 0 unspecified atom stereocenters. The number of fused-ring (bicyclic) bond motifs is 1. The van der Waals surface area contributed by atoms with Gasteiger partial charge in [0.15, 0.2) is 0 Å². The van der Waals surface area contributed by atoms with Crippen molar-refractivity contribution in [1.82, 2.24) is 4.98 Å². The van der Waals surface area contributed by atoms with Crippen molar-refractivity contribution >= 4 is 11.4 Å². The lowest BCUT2D eigenvalue weighted by molar-refractivity contribution is 1.23. The molecule has 0 spiro atoms. The maximum atomic E-state index is 4.62. The minimum Gasteiger partial charge on any atom is -0.255 e. The molecule has 0 amide bonds. The van der Waals surface area contributed by atoms with Crippen molar-refractivity contribution in [1.29, 1.82) is 0 Å². The summed E-state index contributed by atoms with van der Waals surface area (Å²) in [6.45, 7) is 2.08. The summed E-state index contributed by atoms with van der Waals surface area (Å²) in [4.78, 5) is 8.99. The number of aliphatic imine (C=N–C) groups is 1. The molecule has 1 aliphatic heterocycles. The van der Waals surface area contributed by atoms with Crippen molar-refractivity contribution in [2.24, 2.45) is 4.99 Å². The van der Waals surface area contributed by atoms with Crippen LogP contribution in [-0.2, 0) is 6.42 Å². The van der Waals surface area contributed by atoms with Crippen LogP contribution >= 0.6 is 0 Å². The molecule has 0 bridgehead atoms. The number of nitrogens with zero attached hydrogens (tertiary/aromatic N) is 2. The maximum absolute atomic E-state index is 4.62. The predicted molar refractivity (Wildman–Crippen MR) is 65.3 cm³/mol. The SMILES string of the molecule is Cc1ccnc(C2=Nc3ccccc3C2)c1. The lowest BCUT2D eigenvalue weighted by Gasteiger charge is -1.99. The second-order valence-corrected chi connectivity index (χ2v) is 4.08. The van der Waals surface area contributed by atoms with Crippen molar-refractivity contribution in [3.63, 3.8) is 0 Å². The monoisotopic (exact) mass is 208 g/mol. The second-order valence-electron chi connectivity index (χ2n) is 4.08. The Bertz CT molecular complexity index is 570. The average molecular weight is 208 g/mol. The van der Waals surface area contributed by atoms with E-state index in [0.717, 1.165) is 23.5 Å². The molecule has 0 saturated heterocycles. The van der Waals surface area contributed by atoms with Gasteiger partial charge >= 0.3 is 0 Å². The third-order valence-corrected chi connectivity index (χ3v) is 2.82. The fourth-order valence-corrected chi connectivity index (χ4v) is 1.98. The van der Waals surface area contributed by atoms with E-state index in [2.05, 4.69) is 41.2 Å². The van der Waals surface area contributed by atoms with Gasteiger partial charge in [0.1, 0.15) is 0 Å². The number of para-hydroxylation sites is 1. The average Bonchev–Trinajstić information content (AvgIpc) is 2.72. The zero-order chi connectivity index (χ0) is 11.0. The molecule has 2 nitrogen and oxygen atoms in total. The summed E-state index contributed by atoms with van der Waals surface area (Å²) in [6.07, 6.45) is 2.74. The van der Waals surface area contributed by atoms with Crippen molar-refractivity contribution in [3.05, 3.63) is 59.4 Å². The van der Waals surface area contributed by atoms with Crippen LogP contribution in [0.1, 0.15) is 16.8 Å². The Hall–Kier alpha value is -1.96. The van der Waals surface area contributed by atoms with Crippen molar-refractivity contribution in [2.75, 3.05) is 0 Å². The van der Waals surface area contributed by atoms with Gasteiger partial charge in [0, 0.05) is 12.6 Å². The first kappa shape index (κ1) is 9.28. The molecular formula is C14H12N2. The summed E-state index contributed by atoms with van der Waals surface area (Å²) >= 11 is 0. The zero-order valence-corrected chi connectivity index (χ0v) is 9.14. The molecule has 1 aliphatic rings. The lowest BCUT2D eigenvalue weighted by atomic mass is 10.1. The van der Waals surface area contributed by atoms with E-state index in [-0.39, 0.29) is 0 Å². The van der Waals surface area contributed by atoms with E-state index in [4.69, 9.17) is 0 Å². The molecular weight excluding hydrogens is 196 g/mol. The van der Waals surface area contributed by atoms with Crippen LogP contribution in [0.3, 0.4) is 0 Å². The highest BCUT2D eigenvalue weighted by Crippen LogP contribution is 2.27. The molecule has 0 N–H and O–H groups in total. The first-order valence-corrected chi connectivity index (χ1v) is 5.41. The molecule has 2 heterocycles. The van der Waals surface area contributed by atoms with Gasteiger partial charge in [0.25, 0.3) is 0 Å². The molecule has 78 valence electrons. The van der Waals surface area contributed by atoms with Gasteiger partial charge in [0.2, 0.25) is 0 Å². The van der Waals surface area contributed by atoms with Gasteiger partial charge in [-0.25, -0.2) is 0 Å². The summed E-state index contributed by atoms with van der Waals surface area (Å²) < 4.78 is 0. The highest BCUT2D eigenvalue weighted by Gasteiger charge is 2.15. The first-order chi connectivity index (χ1) is 7.83. The van der Waals surface area contributed by atoms with Crippen LogP contribution in [0.2, 0.25) is 0 Å². The molecule has 0 aliphatic carbocycles. The molecule has 0 atom stereocenters. The Morgan fingerprint density at radius 2 is 2.00 bits per heavy atom. The second kappa shape index (κ2) is 3.56. The van der Waals surface area contributed by atoms with Crippen LogP contribution in [-0.4, -0.2) is 10.7 Å². The predicted octanol–water partition coefficient (Wildman–Crippen LogP) is 3.07. The van der Waals surface area contributed by atoms with Crippen molar-refractivity contribution in [2.45, 2.75) is 13.3 Å². The number of rotatable bonds is 1. The van der Waals surface area contributed by atoms with E-state index in [1.54, 1.807) is 0 Å². The summed E-state index contributed by atoms with van der Waals surface area (Å²) in [5.74, 6) is 0. The number of pyridine rings is 1. The Balaban J connectivity index is 2.02. The van der Waals surface area contributed by atoms with Crippen LogP contribution in [0, 0.1) is 6.92 Å². The summed E-state index contributed by atoms with van der Waals surface area (Å²) in [6, 6.07) is 12.4. The van der Waals surface area contributed by atoms with E-state index in [1.807, 2.05) is 18.3 Å². The number of hydrogen-bond donors (Lipinski definition) is 0. The summed E-state index contributed by atoms with van der Waals surface area (Å²) in [5, 5.41) is 0. The normalized spacial score (nSPS) is 13.4. The number of aryl methyl sites for hydroxylation is 1. The van der Waals surface area contributed by atoms with Gasteiger partial charge < -0.3 is 0 Å². The largest absolute Gasteiger partial charge is 0.255 e. The van der Waals surface area contributed by atoms with Crippen LogP contribution in [0.4, 0.5) is 5.69 Å². The fraction of sp³-hybridized carbons (Fsp3) is 0.143. The fourth-order valence-electron chi connectivity index (χ4n) is 1.98. The molecule has 2 aromatic rings. The van der Waals surface area contributed by atoms with Crippen LogP contribution in [0.15, 0.2) is 47.6 Å². The molecule has 1 aromatic heterocycles. The van der Waals surface area contributed by atoms with E-state index in [0.29, 0.717) is 0 Å². The third kappa shape index (κ3) is 1.52. The van der Waals surface area contributed by atoms with E-state index in [1.165, 1.54) is 11.1 Å². The lowest BCUT2D eigenvalue weighted by Crippen LogP contribution is -2.03. The number of aromatic nitrogens is 1. The maximum Gasteiger partial charge on any atom is 0.0850 e. The molecule has 0 saturated carbocycles. The molecule has 0 radical (unpaired) electrons. The van der Waals surface area contributed by atoms with E-state index >= 15 is 0 Å². The minimum absolute atomic E-state index is 0.895. The van der Waals surface area contributed by atoms with Gasteiger partial charge in [-0.3, -0.25) is 9.98 Å². The van der Waals surface area contributed by atoms with Gasteiger partial charge in [-0.2, -0.15) is 0 Å². The molecule has 1 aromatic carbocycles. The van der Waals surface area contributed by atoms with Crippen LogP contribution in [0.5, 0.6) is 0 Å². The third-order valence-electron chi connectivity index (χ3n) is 2.82. The van der Waals surface area contributed by atoms with Crippen LogP contribution in [0.25, 0.3) is 0 Å². The highest BCUT2D eigenvalue weighted by molar-refractivity contribution is 6.05. The Kier molecular flexibility index (Phi) is 2.07. The van der Waals surface area contributed by atoms with E-state index < -0.39 is 0 Å². The van der Waals surface area contributed by atoms with Gasteiger partial charge in [-0.05, 0) is 36.2 Å². The molecule has 2 heteroatoms. The molecule has 0 fully saturated rings.